The summed E-state index contributed by atoms with van der Waals surface area (Å²) in [7, 11) is 0. The summed E-state index contributed by atoms with van der Waals surface area (Å²) in [4.78, 5) is 50.1. The van der Waals surface area contributed by atoms with Crippen LogP contribution in [-0.2, 0) is 30.3 Å². The number of benzene rings is 1. The predicted octanol–water partition coefficient (Wildman–Crippen LogP) is 5.45. The number of aliphatic carboxylic acids is 1. The smallest absolute Gasteiger partial charge is 0.324 e. The van der Waals surface area contributed by atoms with Gasteiger partial charge in [-0.25, -0.2) is 0 Å². The Hall–Kier alpha value is -2.94. The molecular weight excluding hydrogens is 502 g/mol. The molecule has 0 aliphatic carbocycles. The van der Waals surface area contributed by atoms with Crippen molar-refractivity contribution >= 4 is 23.9 Å². The monoisotopic (exact) mass is 549 g/mol. The van der Waals surface area contributed by atoms with Crippen molar-refractivity contribution in [3.8, 4) is 11.5 Å². The summed E-state index contributed by atoms with van der Waals surface area (Å²) in [6.07, 6.45) is 1.10. The molecule has 1 aromatic rings. The molecule has 0 amide bonds. The summed E-state index contributed by atoms with van der Waals surface area (Å²) in [6, 6.07) is 4.52. The maximum absolute atomic E-state index is 12.9. The number of rotatable bonds is 15. The summed E-state index contributed by atoms with van der Waals surface area (Å²) in [5.74, 6) is -2.47. The minimum Gasteiger partial charge on any atom is -0.480 e. The van der Waals surface area contributed by atoms with E-state index in [1.165, 1.54) is 12.1 Å². The third-order valence-corrected chi connectivity index (χ3v) is 7.43. The van der Waals surface area contributed by atoms with E-state index in [0.29, 0.717) is 18.4 Å². The molecule has 0 bridgehead atoms. The molecule has 0 radical (unpaired) electrons. The fourth-order valence-electron chi connectivity index (χ4n) is 3.45. The van der Waals surface area contributed by atoms with Crippen molar-refractivity contribution in [2.45, 2.75) is 112 Å². The number of esters is 3. The van der Waals surface area contributed by atoms with Gasteiger partial charge in [0.2, 0.25) is 0 Å². The number of carbonyl (C=O) groups excluding carboxylic acids is 3. The lowest BCUT2D eigenvalue weighted by Crippen LogP contribution is -2.52. The van der Waals surface area contributed by atoms with Gasteiger partial charge in [0, 0.05) is 19.3 Å². The van der Waals surface area contributed by atoms with Gasteiger partial charge in [-0.15, -0.1) is 0 Å². The van der Waals surface area contributed by atoms with Crippen LogP contribution in [0.15, 0.2) is 18.2 Å². The van der Waals surface area contributed by atoms with Crippen molar-refractivity contribution < 1.29 is 38.5 Å². The van der Waals surface area contributed by atoms with E-state index >= 15 is 0 Å². The van der Waals surface area contributed by atoms with Crippen molar-refractivity contribution in [1.82, 2.24) is 0 Å². The van der Waals surface area contributed by atoms with Crippen molar-refractivity contribution in [1.29, 1.82) is 0 Å². The highest BCUT2D eigenvalue weighted by molar-refractivity contribution is 5.82. The Labute approximate surface area is 232 Å². The van der Waals surface area contributed by atoms with Gasteiger partial charge in [-0.05, 0) is 71.1 Å². The number of carboxylic acids is 1. The van der Waals surface area contributed by atoms with Gasteiger partial charge < -0.3 is 25.1 Å². The first-order chi connectivity index (χ1) is 17.9. The summed E-state index contributed by atoms with van der Waals surface area (Å²) in [5, 5.41) is 9.98. The van der Waals surface area contributed by atoms with Crippen LogP contribution in [0.4, 0.5) is 0 Å². The van der Waals surface area contributed by atoms with Crippen molar-refractivity contribution in [3.05, 3.63) is 23.8 Å². The van der Waals surface area contributed by atoms with E-state index < -0.39 is 46.4 Å². The van der Waals surface area contributed by atoms with Gasteiger partial charge in [-0.1, -0.05) is 40.2 Å². The largest absolute Gasteiger partial charge is 0.480 e. The van der Waals surface area contributed by atoms with E-state index in [2.05, 4.69) is 0 Å². The number of carboxylic acid groups (broad SMARTS) is 1. The summed E-state index contributed by atoms with van der Waals surface area (Å²) >= 11 is 0. The second-order valence-corrected chi connectivity index (χ2v) is 11.9. The van der Waals surface area contributed by atoms with E-state index in [1.54, 1.807) is 40.7 Å². The Morgan fingerprint density at radius 2 is 1.41 bits per heavy atom. The quantitative estimate of drug-likeness (QED) is 0.215. The number of hydrogen-bond acceptors (Lipinski definition) is 8. The average molecular weight is 550 g/mol. The molecule has 0 heterocycles. The van der Waals surface area contributed by atoms with E-state index in [4.69, 9.17) is 19.9 Å². The molecule has 39 heavy (non-hydrogen) atoms. The van der Waals surface area contributed by atoms with Crippen LogP contribution in [0.3, 0.4) is 0 Å². The first-order valence-corrected chi connectivity index (χ1v) is 13.7. The molecule has 0 saturated heterocycles. The second kappa shape index (κ2) is 13.9. The lowest BCUT2D eigenvalue weighted by atomic mass is 9.86. The zero-order valence-electron chi connectivity index (χ0n) is 25.0. The third kappa shape index (κ3) is 9.95. The highest BCUT2D eigenvalue weighted by atomic mass is 16.6. The maximum Gasteiger partial charge on any atom is 0.324 e. The van der Waals surface area contributed by atoms with Crippen LogP contribution in [0.2, 0.25) is 0 Å². The van der Waals surface area contributed by atoms with E-state index in [-0.39, 0.29) is 36.7 Å². The molecular formula is C30H47NO8. The Morgan fingerprint density at radius 3 is 1.87 bits per heavy atom. The second-order valence-electron chi connectivity index (χ2n) is 11.9. The summed E-state index contributed by atoms with van der Waals surface area (Å²) < 4.78 is 16.7. The summed E-state index contributed by atoms with van der Waals surface area (Å²) in [5.41, 5.74) is 3.44. The van der Waals surface area contributed by atoms with Crippen LogP contribution >= 0.6 is 0 Å². The van der Waals surface area contributed by atoms with E-state index in [0.717, 1.165) is 6.42 Å². The molecule has 0 aromatic heterocycles. The number of nitrogens with two attached hydrogens (primary N) is 1. The minimum absolute atomic E-state index is 0.0000429. The van der Waals surface area contributed by atoms with Crippen LogP contribution in [0, 0.1) is 16.7 Å². The molecule has 220 valence electrons. The molecule has 9 nitrogen and oxygen atoms in total. The molecule has 0 saturated carbocycles. The number of ether oxygens (including phenoxy) is 3. The molecule has 9 heteroatoms. The molecule has 1 aromatic carbocycles. The molecule has 3 N–H and O–H groups in total. The van der Waals surface area contributed by atoms with Gasteiger partial charge in [0.1, 0.15) is 11.6 Å². The molecule has 3 atom stereocenters. The minimum atomic E-state index is -1.78. The van der Waals surface area contributed by atoms with Crippen molar-refractivity contribution in [2.24, 2.45) is 22.5 Å². The fraction of sp³-hybridized carbons (Fsp3) is 0.667. The Kier molecular flexibility index (Phi) is 12.2. The Bertz CT molecular complexity index is 1030. The molecule has 2 unspecified atom stereocenters. The van der Waals surface area contributed by atoms with Gasteiger partial charge in [-0.2, -0.15) is 0 Å². The molecule has 0 spiro atoms. The lowest BCUT2D eigenvalue weighted by Gasteiger charge is -2.28. The molecule has 0 aliphatic rings. The zero-order chi connectivity index (χ0) is 30.2. The van der Waals surface area contributed by atoms with E-state index in [9.17, 15) is 24.3 Å². The van der Waals surface area contributed by atoms with Crippen LogP contribution in [0.1, 0.15) is 100.0 Å². The topological polar surface area (TPSA) is 142 Å². The zero-order valence-corrected chi connectivity index (χ0v) is 25.0. The standard InChI is InChI=1S/C30H47NO8/c1-10-19(4)15-24(32)37-20(5)17-30(31,25(33)34)18-21-13-14-22(38-26(35)28(6,7)11-2)23(16-21)39-27(36)29(8,9)12-3/h13-14,16,19-20H,10-12,15,17-18,31H2,1-9H3,(H,33,34)/t19?,20-,30?/m0/s1. The van der Waals surface area contributed by atoms with E-state index in [1.807, 2.05) is 27.7 Å². The number of carbonyl (C=O) groups is 4. The molecule has 0 aliphatic heterocycles. The lowest BCUT2D eigenvalue weighted by molar-refractivity contribution is -0.154. The summed E-state index contributed by atoms with van der Waals surface area (Å²) in [6.45, 7) is 16.2. The van der Waals surface area contributed by atoms with Crippen molar-refractivity contribution in [2.75, 3.05) is 0 Å². The van der Waals surface area contributed by atoms with Crippen LogP contribution in [0.5, 0.6) is 11.5 Å². The van der Waals surface area contributed by atoms with Gasteiger partial charge in [0.05, 0.1) is 10.8 Å². The van der Waals surface area contributed by atoms with Gasteiger partial charge in [-0.3, -0.25) is 19.2 Å². The maximum atomic E-state index is 12.9. The predicted molar refractivity (Wildman–Crippen MR) is 148 cm³/mol. The normalized spacial score (nSPS) is 15.0. The van der Waals surface area contributed by atoms with Crippen molar-refractivity contribution in [3.63, 3.8) is 0 Å². The fourth-order valence-corrected chi connectivity index (χ4v) is 3.45. The molecule has 0 fully saturated rings. The van der Waals surface area contributed by atoms with Gasteiger partial charge in [0.15, 0.2) is 11.5 Å². The third-order valence-electron chi connectivity index (χ3n) is 7.43. The van der Waals surface area contributed by atoms with Crippen LogP contribution in [0.25, 0.3) is 0 Å². The van der Waals surface area contributed by atoms with Gasteiger partial charge in [0.25, 0.3) is 0 Å². The Morgan fingerprint density at radius 1 is 0.897 bits per heavy atom. The average Bonchev–Trinajstić information content (AvgIpc) is 2.84. The first-order valence-electron chi connectivity index (χ1n) is 13.7. The highest BCUT2D eigenvalue weighted by Gasteiger charge is 2.38. The van der Waals surface area contributed by atoms with Crippen LogP contribution in [-0.4, -0.2) is 40.6 Å². The Balaban J connectivity index is 3.30. The van der Waals surface area contributed by atoms with Crippen LogP contribution < -0.4 is 15.2 Å². The SMILES string of the molecule is CCC(C)CC(=O)O[C@@H](C)CC(N)(Cc1ccc(OC(=O)C(C)(C)CC)c(OC(=O)C(C)(C)CC)c1)C(=O)O. The van der Waals surface area contributed by atoms with Gasteiger partial charge >= 0.3 is 23.9 Å². The molecule has 1 rings (SSSR count). The first kappa shape index (κ1) is 34.1. The highest BCUT2D eigenvalue weighted by Crippen LogP contribution is 2.35. The number of hydrogen-bond donors (Lipinski definition) is 2.